The van der Waals surface area contributed by atoms with Crippen LogP contribution in [0.4, 0.5) is 0 Å². The molecule has 0 fully saturated rings. The van der Waals surface area contributed by atoms with Crippen molar-refractivity contribution in [2.75, 3.05) is 0 Å². The highest BCUT2D eigenvalue weighted by molar-refractivity contribution is 7.10. The fourth-order valence-electron chi connectivity index (χ4n) is 3.03. The van der Waals surface area contributed by atoms with Crippen molar-refractivity contribution >= 4 is 45.8 Å². The summed E-state index contributed by atoms with van der Waals surface area (Å²) in [5.74, 6) is -0.199. The predicted octanol–water partition coefficient (Wildman–Crippen LogP) is 6.04. The van der Waals surface area contributed by atoms with Gasteiger partial charge in [-0.25, -0.2) is 11.6 Å². The predicted molar refractivity (Wildman–Crippen MR) is 102 cm³/mol. The Kier molecular flexibility index (Phi) is 4.78. The van der Waals surface area contributed by atoms with E-state index >= 15 is 0 Å². The molecule has 0 amide bonds. The molecule has 0 saturated heterocycles. The van der Waals surface area contributed by atoms with Gasteiger partial charge in [-0.15, -0.1) is 11.3 Å². The molecule has 2 heterocycles. The van der Waals surface area contributed by atoms with Crippen LogP contribution >= 0.6 is 34.5 Å². The number of halogens is 2. The van der Waals surface area contributed by atoms with Crippen molar-refractivity contribution in [2.45, 2.75) is 32.7 Å². The third-order valence-corrected chi connectivity index (χ3v) is 5.63. The zero-order chi connectivity index (χ0) is 17.4. The summed E-state index contributed by atoms with van der Waals surface area (Å²) in [6.45, 7) is 13.5. The first-order valence-electron chi connectivity index (χ1n) is 7.42. The van der Waals surface area contributed by atoms with E-state index in [0.717, 1.165) is 33.2 Å². The SMILES string of the molecule is [C-]#[N+]C1C(C)=NC(C)=C(c2nc(C)cs2)C1c1ccc(Cl)cc1Cl. The second kappa shape index (κ2) is 6.68. The zero-order valence-electron chi connectivity index (χ0n) is 13.5. The third-order valence-electron chi connectivity index (χ3n) is 4.07. The molecule has 0 spiro atoms. The Hall–Kier alpha value is -1.67. The van der Waals surface area contributed by atoms with Gasteiger partial charge in [-0.1, -0.05) is 29.3 Å². The zero-order valence-corrected chi connectivity index (χ0v) is 15.8. The van der Waals surface area contributed by atoms with E-state index in [-0.39, 0.29) is 5.92 Å². The minimum atomic E-state index is -0.397. The molecule has 6 heteroatoms. The average Bonchev–Trinajstić information content (AvgIpc) is 2.93. The van der Waals surface area contributed by atoms with Gasteiger partial charge >= 0.3 is 0 Å². The van der Waals surface area contributed by atoms with Crippen LogP contribution in [0.25, 0.3) is 10.4 Å². The number of hydrogen-bond acceptors (Lipinski definition) is 3. The molecule has 24 heavy (non-hydrogen) atoms. The molecule has 2 atom stereocenters. The highest BCUT2D eigenvalue weighted by Crippen LogP contribution is 2.45. The molecule has 1 aromatic heterocycles. The van der Waals surface area contributed by atoms with Crippen LogP contribution in [0.1, 0.15) is 36.0 Å². The lowest BCUT2D eigenvalue weighted by Gasteiger charge is -2.26. The van der Waals surface area contributed by atoms with Crippen LogP contribution in [0, 0.1) is 13.5 Å². The molecule has 3 nitrogen and oxygen atoms in total. The van der Waals surface area contributed by atoms with Crippen molar-refractivity contribution in [1.82, 2.24) is 4.98 Å². The molecule has 1 aliphatic heterocycles. The number of rotatable bonds is 2. The van der Waals surface area contributed by atoms with E-state index < -0.39 is 6.04 Å². The molecule has 1 aromatic carbocycles. The maximum Gasteiger partial charge on any atom is 0.272 e. The average molecular weight is 376 g/mol. The van der Waals surface area contributed by atoms with Gasteiger partial charge in [-0.05, 0) is 38.5 Å². The number of aliphatic imine (C=N–C) groups is 1. The molecule has 0 radical (unpaired) electrons. The van der Waals surface area contributed by atoms with Crippen LogP contribution in [0.3, 0.4) is 0 Å². The van der Waals surface area contributed by atoms with E-state index in [9.17, 15) is 0 Å². The van der Waals surface area contributed by atoms with E-state index in [2.05, 4.69) is 14.8 Å². The Bertz CT molecular complexity index is 905. The van der Waals surface area contributed by atoms with Gasteiger partial charge in [0.1, 0.15) is 5.01 Å². The Morgan fingerprint density at radius 3 is 2.54 bits per heavy atom. The molecule has 1 aliphatic rings. The van der Waals surface area contributed by atoms with Gasteiger partial charge in [0.15, 0.2) is 0 Å². The molecule has 0 aliphatic carbocycles. The summed E-state index contributed by atoms with van der Waals surface area (Å²) in [6.07, 6.45) is 0. The summed E-state index contributed by atoms with van der Waals surface area (Å²) in [5, 5.41) is 4.05. The van der Waals surface area contributed by atoms with E-state index in [1.165, 1.54) is 0 Å². The topological polar surface area (TPSA) is 29.6 Å². The van der Waals surface area contributed by atoms with E-state index in [0.29, 0.717) is 10.0 Å². The largest absolute Gasteiger partial charge is 0.306 e. The van der Waals surface area contributed by atoms with E-state index in [1.807, 2.05) is 38.3 Å². The smallest absolute Gasteiger partial charge is 0.272 e. The van der Waals surface area contributed by atoms with Crippen LogP contribution in [0.5, 0.6) is 0 Å². The molecule has 2 aromatic rings. The minimum absolute atomic E-state index is 0.199. The van der Waals surface area contributed by atoms with Crippen LogP contribution in [0.15, 0.2) is 34.3 Å². The number of thiazole rings is 1. The van der Waals surface area contributed by atoms with Gasteiger partial charge in [0.25, 0.3) is 6.04 Å². The van der Waals surface area contributed by atoms with Gasteiger partial charge in [-0.3, -0.25) is 4.99 Å². The van der Waals surface area contributed by atoms with Crippen LogP contribution < -0.4 is 0 Å². The highest BCUT2D eigenvalue weighted by Gasteiger charge is 2.40. The van der Waals surface area contributed by atoms with Crippen molar-refractivity contribution in [3.63, 3.8) is 0 Å². The number of aryl methyl sites for hydroxylation is 1. The summed E-state index contributed by atoms with van der Waals surface area (Å²) in [7, 11) is 0. The van der Waals surface area contributed by atoms with Crippen LogP contribution in [-0.4, -0.2) is 16.7 Å². The second-order valence-corrected chi connectivity index (χ2v) is 7.47. The van der Waals surface area contributed by atoms with E-state index in [4.69, 9.17) is 29.8 Å². The van der Waals surface area contributed by atoms with Crippen molar-refractivity contribution in [1.29, 1.82) is 0 Å². The molecule has 0 N–H and O–H groups in total. The van der Waals surface area contributed by atoms with Crippen molar-refractivity contribution in [2.24, 2.45) is 4.99 Å². The first kappa shape index (κ1) is 17.2. The summed E-state index contributed by atoms with van der Waals surface area (Å²) in [4.78, 5) is 13.1. The lowest BCUT2D eigenvalue weighted by Crippen LogP contribution is -2.28. The summed E-state index contributed by atoms with van der Waals surface area (Å²) < 4.78 is 0. The number of allylic oxidation sites excluding steroid dienone is 1. The monoisotopic (exact) mass is 375 g/mol. The van der Waals surface area contributed by atoms with Crippen LogP contribution in [-0.2, 0) is 0 Å². The summed E-state index contributed by atoms with van der Waals surface area (Å²) in [5.41, 5.74) is 4.51. The molecular weight excluding hydrogens is 361 g/mol. The van der Waals surface area contributed by atoms with E-state index in [1.54, 1.807) is 17.4 Å². The Labute approximate surface area is 155 Å². The molecule has 2 unspecified atom stereocenters. The molecular formula is C18H15Cl2N3S. The first-order valence-corrected chi connectivity index (χ1v) is 9.06. The molecule has 0 saturated carbocycles. The van der Waals surface area contributed by atoms with Crippen molar-refractivity contribution < 1.29 is 0 Å². The van der Waals surface area contributed by atoms with Crippen molar-refractivity contribution in [3.05, 3.63) is 67.0 Å². The quantitative estimate of drug-likeness (QED) is 0.588. The van der Waals surface area contributed by atoms with Crippen LogP contribution in [0.2, 0.25) is 10.0 Å². The Morgan fingerprint density at radius 1 is 1.21 bits per heavy atom. The molecule has 3 rings (SSSR count). The maximum absolute atomic E-state index is 7.68. The fourth-order valence-corrected chi connectivity index (χ4v) is 4.49. The Morgan fingerprint density at radius 2 is 1.96 bits per heavy atom. The molecule has 122 valence electrons. The van der Waals surface area contributed by atoms with Gasteiger partial charge in [0, 0.05) is 32.4 Å². The van der Waals surface area contributed by atoms with Gasteiger partial charge in [-0.2, -0.15) is 0 Å². The van der Waals surface area contributed by atoms with Gasteiger partial charge in [0.05, 0.1) is 11.6 Å². The van der Waals surface area contributed by atoms with Crippen molar-refractivity contribution in [3.8, 4) is 0 Å². The van der Waals surface area contributed by atoms with Gasteiger partial charge < -0.3 is 4.85 Å². The number of benzene rings is 1. The van der Waals surface area contributed by atoms with Gasteiger partial charge in [0.2, 0.25) is 0 Å². The maximum atomic E-state index is 7.68. The Balaban J connectivity index is 2.25. The fraction of sp³-hybridized carbons (Fsp3) is 0.278. The summed E-state index contributed by atoms with van der Waals surface area (Å²) >= 11 is 14.1. The number of nitrogens with zero attached hydrogens (tertiary/aromatic N) is 3. The second-order valence-electron chi connectivity index (χ2n) is 5.76. The minimum Gasteiger partial charge on any atom is -0.306 e. The number of hydrogen-bond donors (Lipinski definition) is 0. The third kappa shape index (κ3) is 3.00. The molecule has 0 bridgehead atoms. The highest BCUT2D eigenvalue weighted by atomic mass is 35.5. The lowest BCUT2D eigenvalue weighted by molar-refractivity contribution is 0.823. The summed E-state index contributed by atoms with van der Waals surface area (Å²) in [6, 6.07) is 5.04. The first-order chi connectivity index (χ1) is 11.4. The normalized spacial score (nSPS) is 20.8. The number of aromatic nitrogens is 1. The standard InChI is InChI=1S/C18H15Cl2N3S/c1-9-8-24-18(22-9)15-10(2)23-11(3)17(21-4)16(15)13-6-5-12(19)7-14(13)20/h5-8,16-17H,1-3H3. The lowest BCUT2D eigenvalue weighted by atomic mass is 9.80.